The van der Waals surface area contributed by atoms with Crippen molar-refractivity contribution < 1.29 is 10.0 Å². The summed E-state index contributed by atoms with van der Waals surface area (Å²) >= 11 is 5.86. The summed E-state index contributed by atoms with van der Waals surface area (Å²) in [4.78, 5) is 16.2. The predicted molar refractivity (Wildman–Crippen MR) is 81.7 cm³/mol. The van der Waals surface area contributed by atoms with Crippen molar-refractivity contribution in [2.45, 2.75) is 12.5 Å². The Labute approximate surface area is 131 Å². The number of rotatable bonds is 4. The number of hydroxylamine groups is 1. The van der Waals surface area contributed by atoms with E-state index in [4.69, 9.17) is 16.8 Å². The third kappa shape index (κ3) is 2.79. The molecule has 112 valence electrons. The van der Waals surface area contributed by atoms with Crippen molar-refractivity contribution in [1.29, 1.82) is 0 Å². The second kappa shape index (κ2) is 6.13. The van der Waals surface area contributed by atoms with Gasteiger partial charge in [-0.25, -0.2) is 10.5 Å². The maximum absolute atomic E-state index is 12.1. The fourth-order valence-electron chi connectivity index (χ4n) is 2.36. The van der Waals surface area contributed by atoms with Gasteiger partial charge in [0, 0.05) is 6.42 Å². The molecule has 0 aliphatic rings. The molecule has 7 heteroatoms. The van der Waals surface area contributed by atoms with Gasteiger partial charge in [-0.1, -0.05) is 41.9 Å². The number of carbonyl (C=O) groups excluding carboxylic acids is 1. The van der Waals surface area contributed by atoms with E-state index >= 15 is 0 Å². The SMILES string of the molecule is O=C(NO)C(Cc1ccccc1)n1ncc2nc(Cl)ccc21. The maximum Gasteiger partial charge on any atom is 0.268 e. The van der Waals surface area contributed by atoms with Gasteiger partial charge >= 0.3 is 0 Å². The molecule has 22 heavy (non-hydrogen) atoms. The highest BCUT2D eigenvalue weighted by atomic mass is 35.5. The Morgan fingerprint density at radius 1 is 1.27 bits per heavy atom. The lowest BCUT2D eigenvalue weighted by Crippen LogP contribution is -2.32. The maximum atomic E-state index is 12.1. The Hall–Kier alpha value is -2.44. The van der Waals surface area contributed by atoms with Gasteiger partial charge in [-0.05, 0) is 17.7 Å². The van der Waals surface area contributed by atoms with Crippen molar-refractivity contribution in [3.63, 3.8) is 0 Å². The molecule has 0 bridgehead atoms. The molecule has 0 saturated heterocycles. The average Bonchev–Trinajstić information content (AvgIpc) is 2.95. The van der Waals surface area contributed by atoms with Crippen molar-refractivity contribution in [1.82, 2.24) is 20.2 Å². The minimum absolute atomic E-state index is 0.360. The number of halogens is 1. The summed E-state index contributed by atoms with van der Waals surface area (Å²) in [5.41, 5.74) is 3.93. The van der Waals surface area contributed by atoms with Crippen LogP contribution in [0.3, 0.4) is 0 Å². The largest absolute Gasteiger partial charge is 0.289 e. The van der Waals surface area contributed by atoms with Gasteiger partial charge in [0.1, 0.15) is 16.7 Å². The van der Waals surface area contributed by atoms with E-state index in [1.54, 1.807) is 23.8 Å². The molecule has 2 heterocycles. The lowest BCUT2D eigenvalue weighted by Gasteiger charge is -2.16. The lowest BCUT2D eigenvalue weighted by atomic mass is 10.1. The number of fused-ring (bicyclic) bond motifs is 1. The Balaban J connectivity index is 2.02. The van der Waals surface area contributed by atoms with Crippen LogP contribution in [0.1, 0.15) is 11.6 Å². The van der Waals surface area contributed by atoms with E-state index in [9.17, 15) is 4.79 Å². The van der Waals surface area contributed by atoms with E-state index in [0.717, 1.165) is 5.56 Å². The zero-order valence-corrected chi connectivity index (χ0v) is 12.2. The van der Waals surface area contributed by atoms with Crippen molar-refractivity contribution in [3.05, 3.63) is 59.4 Å². The van der Waals surface area contributed by atoms with E-state index < -0.39 is 11.9 Å². The zero-order valence-electron chi connectivity index (χ0n) is 11.5. The number of carbonyl (C=O) groups is 1. The van der Waals surface area contributed by atoms with Crippen molar-refractivity contribution in [2.24, 2.45) is 0 Å². The van der Waals surface area contributed by atoms with Gasteiger partial charge in [-0.3, -0.25) is 14.7 Å². The van der Waals surface area contributed by atoms with E-state index in [-0.39, 0.29) is 0 Å². The number of pyridine rings is 1. The molecule has 2 aromatic heterocycles. The summed E-state index contributed by atoms with van der Waals surface area (Å²) in [6.07, 6.45) is 1.94. The van der Waals surface area contributed by atoms with Crippen LogP contribution in [-0.2, 0) is 11.2 Å². The number of hydrogen-bond donors (Lipinski definition) is 2. The second-order valence-electron chi connectivity index (χ2n) is 4.81. The minimum Gasteiger partial charge on any atom is -0.289 e. The number of benzene rings is 1. The van der Waals surface area contributed by atoms with E-state index in [0.29, 0.717) is 22.6 Å². The van der Waals surface area contributed by atoms with Gasteiger partial charge in [0.2, 0.25) is 0 Å². The van der Waals surface area contributed by atoms with E-state index in [1.807, 2.05) is 30.3 Å². The Kier molecular flexibility index (Phi) is 4.04. The molecular formula is C15H13ClN4O2. The quantitative estimate of drug-likeness (QED) is 0.440. The summed E-state index contributed by atoms with van der Waals surface area (Å²) < 4.78 is 1.54. The van der Waals surface area contributed by atoms with Crippen molar-refractivity contribution in [3.8, 4) is 0 Å². The number of hydrogen-bond acceptors (Lipinski definition) is 4. The van der Waals surface area contributed by atoms with E-state index in [2.05, 4.69) is 10.1 Å². The minimum atomic E-state index is -0.687. The summed E-state index contributed by atoms with van der Waals surface area (Å²) in [6, 6.07) is 12.2. The molecule has 0 aliphatic heterocycles. The van der Waals surface area contributed by atoms with Gasteiger partial charge in [0.15, 0.2) is 0 Å². The molecule has 1 atom stereocenters. The summed E-state index contributed by atoms with van der Waals surface area (Å²) in [6.45, 7) is 0. The molecule has 6 nitrogen and oxygen atoms in total. The van der Waals surface area contributed by atoms with Crippen LogP contribution in [0, 0.1) is 0 Å². The molecule has 3 aromatic rings. The van der Waals surface area contributed by atoms with Gasteiger partial charge < -0.3 is 0 Å². The fraction of sp³-hybridized carbons (Fsp3) is 0.133. The van der Waals surface area contributed by atoms with Crippen molar-refractivity contribution >= 4 is 28.5 Å². The van der Waals surface area contributed by atoms with Gasteiger partial charge in [0.25, 0.3) is 5.91 Å². The number of nitrogens with zero attached hydrogens (tertiary/aromatic N) is 3. The number of nitrogens with one attached hydrogen (secondary N) is 1. The van der Waals surface area contributed by atoms with Gasteiger partial charge in [0.05, 0.1) is 11.7 Å². The standard InChI is InChI=1S/C15H13ClN4O2/c16-14-7-6-12-11(18-14)9-17-20(12)13(15(21)19-22)8-10-4-2-1-3-5-10/h1-7,9,13,22H,8H2,(H,19,21). The molecule has 1 aromatic carbocycles. The third-order valence-corrected chi connectivity index (χ3v) is 3.61. The Morgan fingerprint density at radius 2 is 2.05 bits per heavy atom. The summed E-state index contributed by atoms with van der Waals surface area (Å²) in [5.74, 6) is -0.538. The monoisotopic (exact) mass is 316 g/mol. The molecule has 0 saturated carbocycles. The summed E-state index contributed by atoms with van der Waals surface area (Å²) in [5, 5.41) is 13.6. The Bertz CT molecular complexity index is 804. The van der Waals surface area contributed by atoms with Crippen LogP contribution in [0.15, 0.2) is 48.7 Å². The molecule has 3 rings (SSSR count). The van der Waals surface area contributed by atoms with Crippen LogP contribution >= 0.6 is 11.6 Å². The highest BCUT2D eigenvalue weighted by molar-refractivity contribution is 6.29. The fourth-order valence-corrected chi connectivity index (χ4v) is 2.52. The smallest absolute Gasteiger partial charge is 0.268 e. The molecule has 0 aliphatic carbocycles. The van der Waals surface area contributed by atoms with Gasteiger partial charge in [-0.2, -0.15) is 5.10 Å². The second-order valence-corrected chi connectivity index (χ2v) is 5.20. The molecule has 1 unspecified atom stereocenters. The first-order valence-electron chi connectivity index (χ1n) is 6.66. The third-order valence-electron chi connectivity index (χ3n) is 3.40. The predicted octanol–water partition coefficient (Wildman–Crippen LogP) is 2.37. The highest BCUT2D eigenvalue weighted by Gasteiger charge is 2.23. The lowest BCUT2D eigenvalue weighted by molar-refractivity contribution is -0.132. The van der Waals surface area contributed by atoms with Crippen molar-refractivity contribution in [2.75, 3.05) is 0 Å². The van der Waals surface area contributed by atoms with Crippen LogP contribution in [0.25, 0.3) is 11.0 Å². The molecule has 0 spiro atoms. The number of amides is 1. The van der Waals surface area contributed by atoms with E-state index in [1.165, 1.54) is 4.68 Å². The summed E-state index contributed by atoms with van der Waals surface area (Å²) in [7, 11) is 0. The molecule has 0 fully saturated rings. The Morgan fingerprint density at radius 3 is 2.77 bits per heavy atom. The number of aromatic nitrogens is 3. The normalized spacial score (nSPS) is 12.3. The van der Waals surface area contributed by atoms with Crippen LogP contribution in [-0.4, -0.2) is 25.9 Å². The average molecular weight is 317 g/mol. The molecule has 2 N–H and O–H groups in total. The van der Waals surface area contributed by atoms with Crippen LogP contribution in [0.2, 0.25) is 5.15 Å². The van der Waals surface area contributed by atoms with Crippen LogP contribution in [0.4, 0.5) is 0 Å². The first-order chi connectivity index (χ1) is 10.7. The first kappa shape index (κ1) is 14.5. The van der Waals surface area contributed by atoms with Gasteiger partial charge in [-0.15, -0.1) is 0 Å². The first-order valence-corrected chi connectivity index (χ1v) is 7.04. The molecular weight excluding hydrogens is 304 g/mol. The zero-order chi connectivity index (χ0) is 15.5. The topological polar surface area (TPSA) is 80.0 Å². The molecule has 1 amide bonds. The highest BCUT2D eigenvalue weighted by Crippen LogP contribution is 2.21. The van der Waals surface area contributed by atoms with Crippen LogP contribution < -0.4 is 5.48 Å². The van der Waals surface area contributed by atoms with Crippen LogP contribution in [0.5, 0.6) is 0 Å². The molecule has 0 radical (unpaired) electrons.